The van der Waals surface area contributed by atoms with E-state index >= 15 is 0 Å². The zero-order chi connectivity index (χ0) is 19.1. The number of nitrogens with two attached hydrogens (primary N) is 1. The van der Waals surface area contributed by atoms with E-state index in [9.17, 15) is 4.39 Å². The molecule has 0 aliphatic carbocycles. The van der Waals surface area contributed by atoms with Gasteiger partial charge in [0.2, 0.25) is 0 Å². The molecule has 2 atom stereocenters. The second-order valence-corrected chi connectivity index (χ2v) is 7.19. The van der Waals surface area contributed by atoms with Crippen LogP contribution in [0.3, 0.4) is 0 Å². The number of ether oxygens (including phenoxy) is 2. The average Bonchev–Trinajstić information content (AvgIpc) is 3.15. The first-order valence-corrected chi connectivity index (χ1v) is 9.90. The van der Waals surface area contributed by atoms with Gasteiger partial charge in [-0.1, -0.05) is 18.2 Å². The van der Waals surface area contributed by atoms with Gasteiger partial charge in [-0.15, -0.1) is 0 Å². The Kier molecular flexibility index (Phi) is 7.07. The summed E-state index contributed by atoms with van der Waals surface area (Å²) in [6.45, 7) is 7.19. The Morgan fingerprint density at radius 2 is 2.00 bits per heavy atom. The predicted octanol–water partition coefficient (Wildman–Crippen LogP) is 1.54. The molecule has 2 aromatic carbocycles. The molecule has 3 N–H and O–H groups in total. The smallest absolute Gasteiger partial charge is 0.170 e. The van der Waals surface area contributed by atoms with E-state index in [1.165, 1.54) is 38.1 Å². The Morgan fingerprint density at radius 1 is 1.19 bits per heavy atom. The molecule has 3 rings (SSSR count). The molecule has 1 fully saturated rings. The first kappa shape index (κ1) is 19.6. The second-order valence-electron chi connectivity index (χ2n) is 7.19. The Labute approximate surface area is 161 Å². The number of hydrogen-bond acceptors (Lipinski definition) is 2. The van der Waals surface area contributed by atoms with E-state index in [2.05, 4.69) is 18.3 Å². The standard InChI is InChI=1S/C22H29FN2O2/c1-3-25-13-5-7-20(25)15-24-14-18-6-4-8-21(26-2)22(18)27-16-17-9-11-19(23)12-10-17/h4,6,8-12,20,24H,3,5,7,13-16H2,1-2H3/p+2/t20-/m0/s1. The Hall–Kier alpha value is -2.11. The second kappa shape index (κ2) is 9.72. The maximum absolute atomic E-state index is 13.1. The topological polar surface area (TPSA) is 39.5 Å². The molecule has 1 heterocycles. The van der Waals surface area contributed by atoms with E-state index in [1.54, 1.807) is 24.1 Å². The maximum atomic E-state index is 13.1. The van der Waals surface area contributed by atoms with Crippen LogP contribution in [0.4, 0.5) is 4.39 Å². The summed E-state index contributed by atoms with van der Waals surface area (Å²) in [5.74, 6) is 1.29. The lowest BCUT2D eigenvalue weighted by molar-refractivity contribution is -0.925. The van der Waals surface area contributed by atoms with Gasteiger partial charge in [-0.25, -0.2) is 4.39 Å². The van der Waals surface area contributed by atoms with Crippen LogP contribution in [0.2, 0.25) is 0 Å². The van der Waals surface area contributed by atoms with Gasteiger partial charge >= 0.3 is 0 Å². The first-order chi connectivity index (χ1) is 13.2. The van der Waals surface area contributed by atoms with Crippen molar-refractivity contribution in [1.29, 1.82) is 0 Å². The predicted molar refractivity (Wildman–Crippen MR) is 104 cm³/mol. The third-order valence-corrected chi connectivity index (χ3v) is 5.47. The fourth-order valence-corrected chi connectivity index (χ4v) is 3.96. The van der Waals surface area contributed by atoms with Crippen LogP contribution in [0.25, 0.3) is 0 Å². The first-order valence-electron chi connectivity index (χ1n) is 9.90. The summed E-state index contributed by atoms with van der Waals surface area (Å²) >= 11 is 0. The molecular formula is C22H31FN2O2+2. The molecule has 0 saturated carbocycles. The highest BCUT2D eigenvalue weighted by molar-refractivity contribution is 5.46. The number of likely N-dealkylation sites (N-methyl/N-ethyl adjacent to an activating group) is 1. The van der Waals surface area contributed by atoms with Crippen molar-refractivity contribution in [3.05, 3.63) is 59.4 Å². The van der Waals surface area contributed by atoms with E-state index in [1.807, 2.05) is 12.1 Å². The fraction of sp³-hybridized carbons (Fsp3) is 0.455. The Balaban J connectivity index is 1.63. The maximum Gasteiger partial charge on any atom is 0.170 e. The molecule has 0 spiro atoms. The normalized spacial score (nSPS) is 19.2. The molecule has 0 radical (unpaired) electrons. The van der Waals surface area contributed by atoms with E-state index < -0.39 is 0 Å². The fourth-order valence-electron chi connectivity index (χ4n) is 3.96. The van der Waals surface area contributed by atoms with Gasteiger partial charge in [0, 0.05) is 12.8 Å². The van der Waals surface area contributed by atoms with Crippen molar-refractivity contribution in [3.63, 3.8) is 0 Å². The minimum Gasteiger partial charge on any atom is -0.493 e. The van der Waals surface area contributed by atoms with Crippen molar-refractivity contribution in [1.82, 2.24) is 0 Å². The molecule has 1 unspecified atom stereocenters. The van der Waals surface area contributed by atoms with Crippen LogP contribution in [0.15, 0.2) is 42.5 Å². The van der Waals surface area contributed by atoms with E-state index in [0.717, 1.165) is 41.8 Å². The summed E-state index contributed by atoms with van der Waals surface area (Å²) in [5, 5.41) is 2.38. The number of methoxy groups -OCH3 is 1. The van der Waals surface area contributed by atoms with Crippen LogP contribution in [0, 0.1) is 5.82 Å². The quantitative estimate of drug-likeness (QED) is 0.699. The molecule has 146 valence electrons. The zero-order valence-corrected chi connectivity index (χ0v) is 16.3. The van der Waals surface area contributed by atoms with Crippen molar-refractivity contribution in [2.24, 2.45) is 0 Å². The van der Waals surface area contributed by atoms with Crippen molar-refractivity contribution in [2.75, 3.05) is 26.7 Å². The van der Waals surface area contributed by atoms with Crippen LogP contribution in [0.1, 0.15) is 30.9 Å². The lowest BCUT2D eigenvalue weighted by atomic mass is 10.1. The van der Waals surface area contributed by atoms with Gasteiger partial charge < -0.3 is 19.7 Å². The number of likely N-dealkylation sites (tertiary alicyclic amines) is 1. The summed E-state index contributed by atoms with van der Waals surface area (Å²) in [5.41, 5.74) is 2.07. The van der Waals surface area contributed by atoms with Gasteiger partial charge in [0.05, 0.1) is 25.8 Å². The molecule has 1 saturated heterocycles. The Morgan fingerprint density at radius 3 is 2.74 bits per heavy atom. The van der Waals surface area contributed by atoms with Crippen molar-refractivity contribution < 1.29 is 24.1 Å². The van der Waals surface area contributed by atoms with E-state index in [0.29, 0.717) is 6.61 Å². The minimum atomic E-state index is -0.235. The summed E-state index contributed by atoms with van der Waals surface area (Å²) in [4.78, 5) is 1.73. The van der Waals surface area contributed by atoms with Crippen LogP contribution in [0.5, 0.6) is 11.5 Å². The monoisotopic (exact) mass is 374 g/mol. The molecule has 0 aromatic heterocycles. The SMILES string of the molecule is CC[NH+]1CCC[C@H]1C[NH2+]Cc1cccc(OC)c1OCc1ccc(F)cc1. The van der Waals surface area contributed by atoms with Gasteiger partial charge in [0.15, 0.2) is 11.5 Å². The van der Waals surface area contributed by atoms with Crippen molar-refractivity contribution in [2.45, 2.75) is 39.0 Å². The lowest BCUT2D eigenvalue weighted by Crippen LogP contribution is -3.16. The number of benzene rings is 2. The highest BCUT2D eigenvalue weighted by Gasteiger charge is 2.28. The molecule has 0 amide bonds. The average molecular weight is 375 g/mol. The summed E-state index contributed by atoms with van der Waals surface area (Å²) in [7, 11) is 1.66. The van der Waals surface area contributed by atoms with Gasteiger partial charge in [-0.2, -0.15) is 0 Å². The summed E-state index contributed by atoms with van der Waals surface area (Å²) in [6.07, 6.45) is 2.67. The molecule has 0 bridgehead atoms. The highest BCUT2D eigenvalue weighted by atomic mass is 19.1. The number of para-hydroxylation sites is 1. The summed E-state index contributed by atoms with van der Waals surface area (Å²) in [6, 6.07) is 13.2. The van der Waals surface area contributed by atoms with E-state index in [-0.39, 0.29) is 5.82 Å². The van der Waals surface area contributed by atoms with Crippen LogP contribution in [-0.2, 0) is 13.2 Å². The number of quaternary nitrogens is 2. The highest BCUT2D eigenvalue weighted by Crippen LogP contribution is 2.31. The van der Waals surface area contributed by atoms with Crippen LogP contribution >= 0.6 is 0 Å². The number of hydrogen-bond donors (Lipinski definition) is 2. The lowest BCUT2D eigenvalue weighted by Gasteiger charge is -2.19. The number of nitrogens with one attached hydrogen (secondary N) is 1. The van der Waals surface area contributed by atoms with Gasteiger partial charge in [-0.05, 0) is 36.8 Å². The molecular weight excluding hydrogens is 343 g/mol. The zero-order valence-electron chi connectivity index (χ0n) is 16.3. The van der Waals surface area contributed by atoms with Crippen LogP contribution < -0.4 is 19.7 Å². The van der Waals surface area contributed by atoms with E-state index in [4.69, 9.17) is 9.47 Å². The molecule has 4 nitrogen and oxygen atoms in total. The molecule has 27 heavy (non-hydrogen) atoms. The molecule has 2 aromatic rings. The van der Waals surface area contributed by atoms with Gasteiger partial charge in [-0.3, -0.25) is 0 Å². The summed E-state index contributed by atoms with van der Waals surface area (Å²) < 4.78 is 24.7. The molecule has 1 aliphatic heterocycles. The van der Waals surface area contributed by atoms with Gasteiger partial charge in [0.25, 0.3) is 0 Å². The van der Waals surface area contributed by atoms with Crippen molar-refractivity contribution in [3.8, 4) is 11.5 Å². The largest absolute Gasteiger partial charge is 0.493 e. The third-order valence-electron chi connectivity index (χ3n) is 5.47. The van der Waals surface area contributed by atoms with Crippen LogP contribution in [-0.4, -0.2) is 32.8 Å². The van der Waals surface area contributed by atoms with Crippen molar-refractivity contribution >= 4 is 0 Å². The minimum absolute atomic E-state index is 0.235. The molecule has 1 aliphatic rings. The Bertz CT molecular complexity index is 721. The third kappa shape index (κ3) is 5.21. The number of halogens is 1. The molecule has 5 heteroatoms. The van der Waals surface area contributed by atoms with Gasteiger partial charge in [0.1, 0.15) is 31.6 Å². The number of rotatable bonds is 9.